The highest BCUT2D eigenvalue weighted by atomic mass is 32.2. The molecule has 16 heavy (non-hydrogen) atoms. The summed E-state index contributed by atoms with van der Waals surface area (Å²) in [5, 5.41) is 4.24. The Bertz CT molecular complexity index is 326. The predicted octanol–water partition coefficient (Wildman–Crippen LogP) is 2.13. The van der Waals surface area contributed by atoms with Crippen molar-refractivity contribution in [3.05, 3.63) is 12.4 Å². The van der Waals surface area contributed by atoms with Crippen molar-refractivity contribution in [2.45, 2.75) is 37.3 Å². The van der Waals surface area contributed by atoms with Crippen molar-refractivity contribution in [2.75, 3.05) is 18.1 Å². The van der Waals surface area contributed by atoms with E-state index in [2.05, 4.69) is 29.1 Å². The van der Waals surface area contributed by atoms with Gasteiger partial charge in [-0.15, -0.1) is 11.8 Å². The van der Waals surface area contributed by atoms with E-state index in [4.69, 9.17) is 5.73 Å². The van der Waals surface area contributed by atoms with Gasteiger partial charge in [-0.3, -0.25) is 0 Å². The van der Waals surface area contributed by atoms with Gasteiger partial charge in [-0.2, -0.15) is 0 Å². The number of aromatic nitrogens is 2. The van der Waals surface area contributed by atoms with Crippen molar-refractivity contribution in [3.8, 4) is 0 Å². The van der Waals surface area contributed by atoms with Crippen LogP contribution in [-0.2, 0) is 0 Å². The normalized spacial score (nSPS) is 11.5. The lowest BCUT2D eigenvalue weighted by Crippen LogP contribution is -2.45. The summed E-state index contributed by atoms with van der Waals surface area (Å²) in [4.78, 5) is 8.29. The fraction of sp³-hybridized carbons (Fsp3) is 0.636. The van der Waals surface area contributed by atoms with Crippen molar-refractivity contribution in [1.29, 1.82) is 0 Å². The molecular weight excluding hydrogens is 220 g/mol. The van der Waals surface area contributed by atoms with E-state index in [0.29, 0.717) is 0 Å². The van der Waals surface area contributed by atoms with Crippen molar-refractivity contribution in [2.24, 2.45) is 5.73 Å². The lowest BCUT2D eigenvalue weighted by atomic mass is 9.94. The van der Waals surface area contributed by atoms with E-state index in [1.54, 1.807) is 18.1 Å². The van der Waals surface area contributed by atoms with E-state index in [0.717, 1.165) is 30.2 Å². The van der Waals surface area contributed by atoms with Gasteiger partial charge in [-0.25, -0.2) is 9.97 Å². The average Bonchev–Trinajstić information content (AvgIpc) is 2.36. The largest absolute Gasteiger partial charge is 0.368 e. The zero-order valence-electron chi connectivity index (χ0n) is 10.2. The summed E-state index contributed by atoms with van der Waals surface area (Å²) in [5.41, 5.74) is 6.06. The second kappa shape index (κ2) is 6.06. The van der Waals surface area contributed by atoms with Crippen LogP contribution in [0.3, 0.4) is 0 Å². The maximum Gasteiger partial charge on any atom is 0.130 e. The molecular formula is C11H20N4S. The molecule has 0 fully saturated rings. The number of rotatable bonds is 6. The van der Waals surface area contributed by atoms with Crippen LogP contribution < -0.4 is 11.1 Å². The van der Waals surface area contributed by atoms with Gasteiger partial charge in [0.15, 0.2) is 0 Å². The third-order valence-corrected chi connectivity index (χ3v) is 3.52. The molecule has 5 heteroatoms. The molecule has 0 aromatic carbocycles. The number of nitrogens with zero attached hydrogens (tertiary/aromatic N) is 2. The van der Waals surface area contributed by atoms with E-state index >= 15 is 0 Å². The number of anilines is 1. The van der Waals surface area contributed by atoms with Crippen molar-refractivity contribution in [1.82, 2.24) is 9.97 Å². The SMILES string of the molecule is CCC(N)(CC)CNc1cc(SC)ncn1. The fourth-order valence-electron chi connectivity index (χ4n) is 1.31. The average molecular weight is 240 g/mol. The molecule has 0 saturated heterocycles. The highest BCUT2D eigenvalue weighted by Crippen LogP contribution is 2.16. The fourth-order valence-corrected chi connectivity index (χ4v) is 1.70. The minimum Gasteiger partial charge on any atom is -0.368 e. The van der Waals surface area contributed by atoms with Crippen molar-refractivity contribution in [3.63, 3.8) is 0 Å². The Morgan fingerprint density at radius 3 is 2.62 bits per heavy atom. The number of hydrogen-bond acceptors (Lipinski definition) is 5. The first kappa shape index (κ1) is 13.3. The number of nitrogens with two attached hydrogens (primary N) is 1. The molecule has 0 atom stereocenters. The zero-order chi connectivity index (χ0) is 12.0. The van der Waals surface area contributed by atoms with E-state index in [-0.39, 0.29) is 5.54 Å². The van der Waals surface area contributed by atoms with Crippen LogP contribution in [0.4, 0.5) is 5.82 Å². The predicted molar refractivity (Wildman–Crippen MR) is 69.8 cm³/mol. The Labute approximate surface area is 101 Å². The molecule has 0 aliphatic carbocycles. The summed E-state index contributed by atoms with van der Waals surface area (Å²) in [6.07, 6.45) is 5.48. The molecule has 0 amide bonds. The van der Waals surface area contributed by atoms with E-state index in [1.807, 2.05) is 12.3 Å². The molecule has 1 aromatic heterocycles. The first-order valence-corrected chi connectivity index (χ1v) is 6.75. The van der Waals surface area contributed by atoms with Gasteiger partial charge >= 0.3 is 0 Å². The molecule has 0 unspecified atom stereocenters. The molecule has 0 aliphatic heterocycles. The number of nitrogens with one attached hydrogen (secondary N) is 1. The molecule has 4 nitrogen and oxygen atoms in total. The topological polar surface area (TPSA) is 63.8 Å². The van der Waals surface area contributed by atoms with Crippen LogP contribution in [-0.4, -0.2) is 28.3 Å². The quantitative estimate of drug-likeness (QED) is 0.589. The Kier molecular flexibility index (Phi) is 5.02. The Morgan fingerprint density at radius 1 is 1.38 bits per heavy atom. The summed E-state index contributed by atoms with van der Waals surface area (Å²) < 4.78 is 0. The third kappa shape index (κ3) is 3.64. The molecule has 0 radical (unpaired) electrons. The standard InChI is InChI=1S/C11H20N4S/c1-4-11(12,5-2)7-13-9-6-10(16-3)15-8-14-9/h6,8H,4-5,7,12H2,1-3H3,(H,13,14,15). The van der Waals surface area contributed by atoms with Gasteiger partial charge in [-0.1, -0.05) is 13.8 Å². The van der Waals surface area contributed by atoms with E-state index in [1.165, 1.54) is 0 Å². The molecule has 0 spiro atoms. The van der Waals surface area contributed by atoms with Crippen molar-refractivity contribution >= 4 is 17.6 Å². The molecule has 0 saturated carbocycles. The van der Waals surface area contributed by atoms with Crippen LogP contribution in [0.15, 0.2) is 17.4 Å². The first-order valence-electron chi connectivity index (χ1n) is 5.52. The van der Waals surface area contributed by atoms with Gasteiger partial charge in [0, 0.05) is 18.2 Å². The number of hydrogen-bond donors (Lipinski definition) is 2. The van der Waals surface area contributed by atoms with E-state index < -0.39 is 0 Å². The van der Waals surface area contributed by atoms with Crippen LogP contribution >= 0.6 is 11.8 Å². The Hall–Kier alpha value is -0.810. The number of thioether (sulfide) groups is 1. The van der Waals surface area contributed by atoms with Gasteiger partial charge in [0.25, 0.3) is 0 Å². The summed E-state index contributed by atoms with van der Waals surface area (Å²) in [6, 6.07) is 1.94. The maximum absolute atomic E-state index is 6.20. The van der Waals surface area contributed by atoms with E-state index in [9.17, 15) is 0 Å². The molecule has 0 bridgehead atoms. The lowest BCUT2D eigenvalue weighted by molar-refractivity contribution is 0.418. The Balaban J connectivity index is 2.60. The molecule has 1 rings (SSSR count). The maximum atomic E-state index is 6.20. The van der Waals surface area contributed by atoms with Gasteiger partial charge in [-0.05, 0) is 19.1 Å². The van der Waals surface area contributed by atoms with Crippen LogP contribution in [0, 0.1) is 0 Å². The Morgan fingerprint density at radius 2 is 2.06 bits per heavy atom. The lowest BCUT2D eigenvalue weighted by Gasteiger charge is -2.27. The van der Waals surface area contributed by atoms with Crippen LogP contribution in [0.1, 0.15) is 26.7 Å². The molecule has 3 N–H and O–H groups in total. The minimum absolute atomic E-state index is 0.148. The second-order valence-electron chi connectivity index (χ2n) is 3.87. The third-order valence-electron chi connectivity index (χ3n) is 2.88. The summed E-state index contributed by atoms with van der Waals surface area (Å²) in [5.74, 6) is 0.844. The molecule has 90 valence electrons. The highest BCUT2D eigenvalue weighted by Gasteiger charge is 2.19. The zero-order valence-corrected chi connectivity index (χ0v) is 11.0. The minimum atomic E-state index is -0.148. The summed E-state index contributed by atoms with van der Waals surface area (Å²) in [6.45, 7) is 4.96. The van der Waals surface area contributed by atoms with Crippen LogP contribution in [0.25, 0.3) is 0 Å². The highest BCUT2D eigenvalue weighted by molar-refractivity contribution is 7.98. The van der Waals surface area contributed by atoms with Gasteiger partial charge in [0.1, 0.15) is 17.2 Å². The van der Waals surface area contributed by atoms with Gasteiger partial charge < -0.3 is 11.1 Å². The second-order valence-corrected chi connectivity index (χ2v) is 4.70. The molecule has 1 heterocycles. The smallest absolute Gasteiger partial charge is 0.130 e. The first-order chi connectivity index (χ1) is 7.63. The van der Waals surface area contributed by atoms with Gasteiger partial charge in [0.05, 0.1) is 0 Å². The van der Waals surface area contributed by atoms with Crippen LogP contribution in [0.5, 0.6) is 0 Å². The molecule has 0 aliphatic rings. The molecule has 1 aromatic rings. The summed E-state index contributed by atoms with van der Waals surface area (Å²) >= 11 is 1.61. The van der Waals surface area contributed by atoms with Crippen molar-refractivity contribution < 1.29 is 0 Å². The van der Waals surface area contributed by atoms with Gasteiger partial charge in [0.2, 0.25) is 0 Å². The summed E-state index contributed by atoms with van der Waals surface area (Å²) in [7, 11) is 0. The van der Waals surface area contributed by atoms with Crippen LogP contribution in [0.2, 0.25) is 0 Å². The monoisotopic (exact) mass is 240 g/mol.